The molecule has 0 amide bonds. The second-order valence-corrected chi connectivity index (χ2v) is 9.12. The van der Waals surface area contributed by atoms with Crippen molar-refractivity contribution < 1.29 is 9.47 Å². The number of benzene rings is 3. The fraction of sp³-hybridized carbons (Fsp3) is 0.300. The molecule has 0 saturated heterocycles. The molecule has 6 nitrogen and oxygen atoms in total. The van der Waals surface area contributed by atoms with Crippen molar-refractivity contribution in [3.05, 3.63) is 113 Å². The summed E-state index contributed by atoms with van der Waals surface area (Å²) in [5.41, 5.74) is 8.08. The van der Waals surface area contributed by atoms with E-state index < -0.39 is 0 Å². The fourth-order valence-electron chi connectivity index (χ4n) is 4.63. The molecule has 0 unspecified atom stereocenters. The Labute approximate surface area is 212 Å². The molecule has 4 aromatic rings. The number of H-pyrrole nitrogens is 1. The highest BCUT2D eigenvalue weighted by atomic mass is 16.5. The molecule has 0 radical (unpaired) electrons. The van der Waals surface area contributed by atoms with Crippen molar-refractivity contribution in [2.24, 2.45) is 4.99 Å². The lowest BCUT2D eigenvalue weighted by Crippen LogP contribution is -2.21. The molecule has 0 bridgehead atoms. The van der Waals surface area contributed by atoms with E-state index in [2.05, 4.69) is 82.1 Å². The minimum absolute atomic E-state index is 0.524. The molecular formula is C30H32N4O2. The van der Waals surface area contributed by atoms with Gasteiger partial charge in [0.1, 0.15) is 12.4 Å². The molecule has 0 atom stereocenters. The first-order valence-electron chi connectivity index (χ1n) is 12.6. The van der Waals surface area contributed by atoms with Crippen LogP contribution >= 0.6 is 0 Å². The maximum atomic E-state index is 6.62. The standard InChI is InChI=1S/C30H32N4O2/c1-3-8-23(9-4-1)12-7-13-25-14-15-26(18-27-20-32-34-33-27)29(19-28-22-35-17-16-31-28)30(25)36-21-24-10-5-2-6-11-24/h1-6,8-11,14-15,20H,7,12-13,16-19,21-22H2,(H,32,33,34). The number of hydrogen-bond acceptors (Lipinski definition) is 5. The highest BCUT2D eigenvalue weighted by Crippen LogP contribution is 2.32. The van der Waals surface area contributed by atoms with Gasteiger partial charge in [0.25, 0.3) is 0 Å². The number of aryl methyl sites for hydroxylation is 2. The van der Waals surface area contributed by atoms with Crippen LogP contribution in [0.3, 0.4) is 0 Å². The third kappa shape index (κ3) is 6.46. The molecule has 1 aromatic heterocycles. The first-order chi connectivity index (χ1) is 17.8. The van der Waals surface area contributed by atoms with Crippen LogP contribution in [-0.2, 0) is 37.0 Å². The topological polar surface area (TPSA) is 72.4 Å². The summed E-state index contributed by atoms with van der Waals surface area (Å²) >= 11 is 0. The van der Waals surface area contributed by atoms with E-state index in [1.165, 1.54) is 22.3 Å². The summed E-state index contributed by atoms with van der Waals surface area (Å²) in [7, 11) is 0. The van der Waals surface area contributed by atoms with Crippen molar-refractivity contribution in [2.45, 2.75) is 38.7 Å². The van der Waals surface area contributed by atoms with Gasteiger partial charge in [-0.25, -0.2) is 0 Å². The zero-order chi connectivity index (χ0) is 24.4. The molecule has 5 rings (SSSR count). The number of rotatable bonds is 11. The Balaban J connectivity index is 1.46. The van der Waals surface area contributed by atoms with Crippen molar-refractivity contribution in [2.75, 3.05) is 19.8 Å². The molecule has 6 heteroatoms. The highest BCUT2D eigenvalue weighted by Gasteiger charge is 2.19. The first kappa shape index (κ1) is 23.9. The first-order valence-corrected chi connectivity index (χ1v) is 12.6. The van der Waals surface area contributed by atoms with Crippen LogP contribution in [0.2, 0.25) is 0 Å². The number of aromatic nitrogens is 3. The van der Waals surface area contributed by atoms with Crippen molar-refractivity contribution in [3.8, 4) is 5.75 Å². The van der Waals surface area contributed by atoms with Gasteiger partial charge in [-0.05, 0) is 41.5 Å². The van der Waals surface area contributed by atoms with E-state index in [4.69, 9.17) is 14.5 Å². The van der Waals surface area contributed by atoms with Crippen LogP contribution in [0, 0.1) is 0 Å². The summed E-state index contributed by atoms with van der Waals surface area (Å²) in [6.45, 7) is 2.49. The molecular weight excluding hydrogens is 448 g/mol. The summed E-state index contributed by atoms with van der Waals surface area (Å²) in [5, 5.41) is 11.0. The molecule has 2 heterocycles. The molecule has 0 aliphatic carbocycles. The normalized spacial score (nSPS) is 13.4. The lowest BCUT2D eigenvalue weighted by molar-refractivity contribution is 0.169. The average molecular weight is 481 g/mol. The molecule has 1 N–H and O–H groups in total. The average Bonchev–Trinajstić information content (AvgIpc) is 3.44. The van der Waals surface area contributed by atoms with Crippen LogP contribution in [0.25, 0.3) is 0 Å². The monoisotopic (exact) mass is 480 g/mol. The zero-order valence-electron chi connectivity index (χ0n) is 20.5. The molecule has 1 aliphatic rings. The summed E-state index contributed by atoms with van der Waals surface area (Å²) in [6.07, 6.45) is 6.21. The molecule has 3 aromatic carbocycles. The molecule has 0 saturated carbocycles. The molecule has 0 spiro atoms. The largest absolute Gasteiger partial charge is 0.488 e. The van der Waals surface area contributed by atoms with E-state index in [0.29, 0.717) is 39.2 Å². The summed E-state index contributed by atoms with van der Waals surface area (Å²) in [5.74, 6) is 0.973. The second kappa shape index (κ2) is 12.3. The predicted octanol–water partition coefficient (Wildman–Crippen LogP) is 5.16. The molecule has 0 fully saturated rings. The Morgan fingerprint density at radius 1 is 0.833 bits per heavy atom. The van der Waals surface area contributed by atoms with E-state index in [-0.39, 0.29) is 0 Å². The van der Waals surface area contributed by atoms with Crippen LogP contribution in [-0.4, -0.2) is 40.9 Å². The molecule has 184 valence electrons. The third-order valence-electron chi connectivity index (χ3n) is 6.48. The van der Waals surface area contributed by atoms with E-state index in [0.717, 1.165) is 42.0 Å². The number of aliphatic imine (C=N–C) groups is 1. The Hall–Kier alpha value is -3.77. The summed E-state index contributed by atoms with van der Waals surface area (Å²) in [6, 6.07) is 25.5. The van der Waals surface area contributed by atoms with Gasteiger partial charge in [-0.2, -0.15) is 15.4 Å². The number of nitrogens with one attached hydrogen (secondary N) is 1. The number of hydrogen-bond donors (Lipinski definition) is 1. The number of nitrogens with zero attached hydrogens (tertiary/aromatic N) is 3. The van der Waals surface area contributed by atoms with Crippen molar-refractivity contribution in [1.29, 1.82) is 0 Å². The third-order valence-corrected chi connectivity index (χ3v) is 6.48. The van der Waals surface area contributed by atoms with Gasteiger partial charge in [0.15, 0.2) is 0 Å². The SMILES string of the molecule is c1ccc(CCCc2ccc(Cc3cn[nH]n3)c(CC3=NCCOC3)c2OCc2ccccc2)cc1. The lowest BCUT2D eigenvalue weighted by Gasteiger charge is -2.21. The Bertz CT molecular complexity index is 1260. The molecule has 36 heavy (non-hydrogen) atoms. The van der Waals surface area contributed by atoms with Crippen LogP contribution in [0.15, 0.2) is 84.0 Å². The van der Waals surface area contributed by atoms with Gasteiger partial charge in [-0.15, -0.1) is 0 Å². The van der Waals surface area contributed by atoms with Crippen LogP contribution in [0.1, 0.15) is 39.9 Å². The zero-order valence-corrected chi connectivity index (χ0v) is 20.5. The predicted molar refractivity (Wildman–Crippen MR) is 142 cm³/mol. The molecule has 1 aliphatic heterocycles. The van der Waals surface area contributed by atoms with Crippen LogP contribution in [0.5, 0.6) is 5.75 Å². The number of ether oxygens (including phenoxy) is 2. The summed E-state index contributed by atoms with van der Waals surface area (Å²) in [4.78, 5) is 4.76. The quantitative estimate of drug-likeness (QED) is 0.322. The minimum Gasteiger partial charge on any atom is -0.488 e. The van der Waals surface area contributed by atoms with Gasteiger partial charge in [-0.3, -0.25) is 4.99 Å². The Morgan fingerprint density at radius 3 is 2.33 bits per heavy atom. The van der Waals surface area contributed by atoms with Gasteiger partial charge in [0.2, 0.25) is 0 Å². The van der Waals surface area contributed by atoms with Crippen molar-refractivity contribution in [3.63, 3.8) is 0 Å². The van der Waals surface area contributed by atoms with Gasteiger partial charge < -0.3 is 9.47 Å². The van der Waals surface area contributed by atoms with E-state index in [9.17, 15) is 0 Å². The second-order valence-electron chi connectivity index (χ2n) is 9.12. The van der Waals surface area contributed by atoms with Gasteiger partial charge in [0, 0.05) is 24.1 Å². The van der Waals surface area contributed by atoms with Crippen molar-refractivity contribution >= 4 is 5.71 Å². The minimum atomic E-state index is 0.524. The van der Waals surface area contributed by atoms with Crippen LogP contribution < -0.4 is 4.74 Å². The fourth-order valence-corrected chi connectivity index (χ4v) is 4.63. The lowest BCUT2D eigenvalue weighted by atomic mass is 9.92. The van der Waals surface area contributed by atoms with E-state index >= 15 is 0 Å². The maximum absolute atomic E-state index is 6.62. The summed E-state index contributed by atoms with van der Waals surface area (Å²) < 4.78 is 12.3. The van der Waals surface area contributed by atoms with Crippen molar-refractivity contribution in [1.82, 2.24) is 15.4 Å². The Morgan fingerprint density at radius 2 is 1.61 bits per heavy atom. The highest BCUT2D eigenvalue weighted by molar-refractivity contribution is 5.89. The van der Waals surface area contributed by atoms with E-state index in [1.54, 1.807) is 6.20 Å². The van der Waals surface area contributed by atoms with Gasteiger partial charge >= 0.3 is 0 Å². The van der Waals surface area contributed by atoms with Gasteiger partial charge in [-0.1, -0.05) is 72.8 Å². The smallest absolute Gasteiger partial charge is 0.126 e. The van der Waals surface area contributed by atoms with Gasteiger partial charge in [0.05, 0.1) is 31.6 Å². The maximum Gasteiger partial charge on any atom is 0.126 e. The van der Waals surface area contributed by atoms with E-state index in [1.807, 2.05) is 6.07 Å². The Kier molecular flexibility index (Phi) is 8.16. The van der Waals surface area contributed by atoms with Crippen LogP contribution in [0.4, 0.5) is 0 Å². The number of aromatic amines is 1.